The summed E-state index contributed by atoms with van der Waals surface area (Å²) in [5, 5.41) is 0. The van der Waals surface area contributed by atoms with E-state index in [-0.39, 0.29) is 17.3 Å². The van der Waals surface area contributed by atoms with Gasteiger partial charge in [-0.15, -0.1) is 0 Å². The smallest absolute Gasteiger partial charge is 0.211 e. The number of benzene rings is 1. The van der Waals surface area contributed by atoms with Crippen LogP contribution in [0.5, 0.6) is 0 Å². The average Bonchev–Trinajstić information content (AvgIpc) is 2.56. The van der Waals surface area contributed by atoms with E-state index < -0.39 is 21.7 Å². The van der Waals surface area contributed by atoms with Crippen molar-refractivity contribution < 1.29 is 21.9 Å². The second-order valence-corrected chi connectivity index (χ2v) is 9.14. The van der Waals surface area contributed by atoms with Crippen LogP contribution in [0.3, 0.4) is 0 Å². The predicted molar refractivity (Wildman–Crippen MR) is 90.5 cm³/mol. The molecule has 0 saturated carbocycles. The molecule has 1 aromatic carbocycles. The minimum atomic E-state index is -3.16. The van der Waals surface area contributed by atoms with Gasteiger partial charge in [-0.2, -0.15) is 0 Å². The van der Waals surface area contributed by atoms with Crippen molar-refractivity contribution in [2.45, 2.75) is 31.9 Å². The number of hydrogen-bond acceptors (Lipinski definition) is 4. The van der Waals surface area contributed by atoms with Crippen molar-refractivity contribution in [1.82, 2.24) is 9.62 Å². The quantitative estimate of drug-likeness (QED) is 0.826. The van der Waals surface area contributed by atoms with Crippen molar-refractivity contribution in [3.05, 3.63) is 35.4 Å². The molecule has 1 aromatic rings. The molecule has 5 nitrogen and oxygen atoms in total. The summed E-state index contributed by atoms with van der Waals surface area (Å²) in [6.07, 6.45) is 1.81. The lowest BCUT2D eigenvalue weighted by atomic mass is 9.83. The first-order chi connectivity index (χ1) is 11.8. The minimum Gasteiger partial charge on any atom is -0.372 e. The van der Waals surface area contributed by atoms with Gasteiger partial charge in [-0.1, -0.05) is 6.07 Å². The number of ether oxygens (including phenoxy) is 1. The molecule has 1 spiro atoms. The monoisotopic (exact) mass is 374 g/mol. The van der Waals surface area contributed by atoms with Gasteiger partial charge in [0.05, 0.1) is 18.0 Å². The molecule has 3 rings (SSSR count). The number of halogens is 2. The highest BCUT2D eigenvalue weighted by Crippen LogP contribution is 2.36. The molecule has 25 heavy (non-hydrogen) atoms. The zero-order chi connectivity index (χ0) is 18.1. The van der Waals surface area contributed by atoms with Crippen LogP contribution in [-0.2, 0) is 21.3 Å². The first-order valence-electron chi connectivity index (χ1n) is 8.58. The van der Waals surface area contributed by atoms with Gasteiger partial charge in [0.2, 0.25) is 10.0 Å². The maximum Gasteiger partial charge on any atom is 0.211 e. The van der Waals surface area contributed by atoms with Gasteiger partial charge in [0, 0.05) is 26.2 Å². The largest absolute Gasteiger partial charge is 0.372 e. The van der Waals surface area contributed by atoms with Crippen molar-refractivity contribution in [1.29, 1.82) is 0 Å². The fourth-order valence-electron chi connectivity index (χ4n) is 3.45. The molecule has 8 heteroatoms. The lowest BCUT2D eigenvalue weighted by Crippen LogP contribution is -2.64. The Hall–Kier alpha value is -1.09. The van der Waals surface area contributed by atoms with Gasteiger partial charge < -0.3 is 4.74 Å². The summed E-state index contributed by atoms with van der Waals surface area (Å²) in [5.41, 5.74) is 0.579. The van der Waals surface area contributed by atoms with Crippen LogP contribution in [-0.4, -0.2) is 50.9 Å². The summed E-state index contributed by atoms with van der Waals surface area (Å²) in [4.78, 5) is 2.15. The van der Waals surface area contributed by atoms with Gasteiger partial charge in [0.15, 0.2) is 11.6 Å². The lowest BCUT2D eigenvalue weighted by Gasteiger charge is -2.53. The van der Waals surface area contributed by atoms with Gasteiger partial charge in [-0.25, -0.2) is 21.9 Å². The maximum atomic E-state index is 13.3. The fourth-order valence-corrected chi connectivity index (χ4v) is 4.15. The highest BCUT2D eigenvalue weighted by Gasteiger charge is 2.46. The Kier molecular flexibility index (Phi) is 5.43. The lowest BCUT2D eigenvalue weighted by molar-refractivity contribution is -0.181. The molecule has 2 saturated heterocycles. The van der Waals surface area contributed by atoms with Crippen LogP contribution in [0, 0.1) is 17.6 Å². The first kappa shape index (κ1) is 18.7. The van der Waals surface area contributed by atoms with Crippen LogP contribution in [0.1, 0.15) is 25.3 Å². The third-order valence-corrected chi connectivity index (χ3v) is 6.39. The van der Waals surface area contributed by atoms with Gasteiger partial charge in [0.25, 0.3) is 0 Å². The van der Waals surface area contributed by atoms with Gasteiger partial charge in [-0.05, 0) is 43.4 Å². The molecule has 1 N–H and O–H groups in total. The second kappa shape index (κ2) is 7.26. The zero-order valence-electron chi connectivity index (χ0n) is 14.3. The molecule has 0 bridgehead atoms. The van der Waals surface area contributed by atoms with Crippen molar-refractivity contribution in [3.63, 3.8) is 0 Å². The Bertz CT molecular complexity index is 711. The van der Waals surface area contributed by atoms with Crippen LogP contribution >= 0.6 is 0 Å². The Morgan fingerprint density at radius 1 is 1.32 bits per heavy atom. The molecule has 0 unspecified atom stereocenters. The normalized spacial score (nSPS) is 23.6. The Morgan fingerprint density at radius 3 is 2.68 bits per heavy atom. The van der Waals surface area contributed by atoms with E-state index in [1.807, 2.05) is 0 Å². The van der Waals surface area contributed by atoms with Crippen molar-refractivity contribution in [3.8, 4) is 0 Å². The van der Waals surface area contributed by atoms with E-state index in [0.717, 1.165) is 37.6 Å². The minimum absolute atomic E-state index is 0.0868. The Labute approximate surface area is 147 Å². The Balaban J connectivity index is 1.43. The maximum absolute atomic E-state index is 13.3. The third kappa shape index (κ3) is 4.55. The summed E-state index contributed by atoms with van der Waals surface area (Å²) in [5.74, 6) is -1.36. The summed E-state index contributed by atoms with van der Waals surface area (Å²) >= 11 is 0. The Morgan fingerprint density at radius 2 is 2.08 bits per heavy atom. The predicted octanol–water partition coefficient (Wildman–Crippen LogP) is 1.89. The van der Waals surface area contributed by atoms with Crippen LogP contribution in [0.2, 0.25) is 0 Å². The molecule has 140 valence electrons. The number of hydrogen-bond donors (Lipinski definition) is 1. The molecular weight excluding hydrogens is 350 g/mol. The van der Waals surface area contributed by atoms with Crippen molar-refractivity contribution in [2.75, 3.05) is 32.0 Å². The highest BCUT2D eigenvalue weighted by molar-refractivity contribution is 7.89. The van der Waals surface area contributed by atoms with E-state index in [1.54, 1.807) is 13.0 Å². The highest BCUT2D eigenvalue weighted by atomic mass is 32.2. The van der Waals surface area contributed by atoms with E-state index in [1.165, 1.54) is 6.07 Å². The molecule has 0 aliphatic carbocycles. The zero-order valence-corrected chi connectivity index (χ0v) is 15.1. The molecule has 2 heterocycles. The van der Waals surface area contributed by atoms with E-state index in [0.29, 0.717) is 19.7 Å². The van der Waals surface area contributed by atoms with Crippen molar-refractivity contribution in [2.24, 2.45) is 5.92 Å². The van der Waals surface area contributed by atoms with E-state index >= 15 is 0 Å². The third-order valence-electron chi connectivity index (χ3n) is 5.02. The first-order valence-corrected chi connectivity index (χ1v) is 10.2. The van der Waals surface area contributed by atoms with E-state index in [2.05, 4.69) is 9.62 Å². The molecule has 2 aliphatic heterocycles. The molecule has 0 amide bonds. The average molecular weight is 374 g/mol. The van der Waals surface area contributed by atoms with Gasteiger partial charge >= 0.3 is 0 Å². The fraction of sp³-hybridized carbons (Fsp3) is 0.647. The topological polar surface area (TPSA) is 58.6 Å². The van der Waals surface area contributed by atoms with Gasteiger partial charge in [0.1, 0.15) is 0 Å². The second-order valence-electron chi connectivity index (χ2n) is 7.04. The summed E-state index contributed by atoms with van der Waals surface area (Å²) < 4.78 is 57.8. The van der Waals surface area contributed by atoms with E-state index in [4.69, 9.17) is 4.74 Å². The number of rotatable bonds is 6. The SMILES string of the molecule is CCS(=O)(=O)NC[C@@H]1CCC2(CN(Cc3ccc(F)c(F)c3)C2)OC1. The number of nitrogens with one attached hydrogen (secondary N) is 1. The molecule has 2 fully saturated rings. The number of sulfonamides is 1. The number of nitrogens with zero attached hydrogens (tertiary/aromatic N) is 1. The van der Waals surface area contributed by atoms with Crippen LogP contribution < -0.4 is 4.72 Å². The van der Waals surface area contributed by atoms with Crippen LogP contribution in [0.15, 0.2) is 18.2 Å². The van der Waals surface area contributed by atoms with Crippen LogP contribution in [0.25, 0.3) is 0 Å². The summed E-state index contributed by atoms with van der Waals surface area (Å²) in [7, 11) is -3.16. The standard InChI is InChI=1S/C17H24F2N2O3S/c1-2-25(22,23)20-8-14-5-6-17(24-10-14)11-21(12-17)9-13-3-4-15(18)16(19)7-13/h3-4,7,14,20H,2,5-6,8-12H2,1H3/t14-/m0/s1. The van der Waals surface area contributed by atoms with Gasteiger partial charge in [-0.3, -0.25) is 4.90 Å². The molecule has 1 atom stereocenters. The molecule has 0 radical (unpaired) electrons. The summed E-state index contributed by atoms with van der Waals surface area (Å²) in [6.45, 7) is 4.68. The molecular formula is C17H24F2N2O3S. The number of likely N-dealkylation sites (tertiary alicyclic amines) is 1. The summed E-state index contributed by atoms with van der Waals surface area (Å²) in [6, 6.07) is 3.98. The van der Waals surface area contributed by atoms with Crippen LogP contribution in [0.4, 0.5) is 8.78 Å². The van der Waals surface area contributed by atoms with E-state index in [9.17, 15) is 17.2 Å². The van der Waals surface area contributed by atoms with Crippen molar-refractivity contribution >= 4 is 10.0 Å². The molecule has 2 aliphatic rings. The molecule has 0 aromatic heterocycles.